The van der Waals surface area contributed by atoms with Crippen molar-refractivity contribution >= 4 is 51.8 Å². The monoisotopic (exact) mass is 516 g/mol. The van der Waals surface area contributed by atoms with Gasteiger partial charge in [0.15, 0.2) is 10.9 Å². The summed E-state index contributed by atoms with van der Waals surface area (Å²) in [4.78, 5) is 31.7. The first-order chi connectivity index (χ1) is 18.5. The van der Waals surface area contributed by atoms with Crippen LogP contribution in [0, 0.1) is 0 Å². The first-order valence-corrected chi connectivity index (χ1v) is 12.7. The minimum atomic E-state index is -1.54. The molecular weight excluding hydrogens is 492 g/mol. The summed E-state index contributed by atoms with van der Waals surface area (Å²) in [6.07, 6.45) is 0. The molecule has 1 spiro atoms. The van der Waals surface area contributed by atoms with Crippen molar-refractivity contribution in [3.05, 3.63) is 127 Å². The molecule has 0 radical (unpaired) electrons. The molecule has 186 valence electrons. The van der Waals surface area contributed by atoms with Gasteiger partial charge in [-0.05, 0) is 54.2 Å². The highest BCUT2D eigenvalue weighted by atomic mass is 32.1. The minimum absolute atomic E-state index is 0.143. The second-order valence-corrected chi connectivity index (χ2v) is 9.56. The maximum Gasteiger partial charge on any atom is 0.268 e. The third-order valence-electron chi connectivity index (χ3n) is 6.97. The van der Waals surface area contributed by atoms with Gasteiger partial charge in [-0.15, -0.1) is 0 Å². The van der Waals surface area contributed by atoms with Gasteiger partial charge in [-0.1, -0.05) is 84.9 Å². The van der Waals surface area contributed by atoms with E-state index in [1.807, 2.05) is 126 Å². The number of carbonyl (C=O) groups is 2. The van der Waals surface area contributed by atoms with Gasteiger partial charge in [0, 0.05) is 12.6 Å². The first-order valence-electron chi connectivity index (χ1n) is 12.3. The van der Waals surface area contributed by atoms with E-state index >= 15 is 0 Å². The summed E-state index contributed by atoms with van der Waals surface area (Å²) in [5.74, 6) is -0.616. The summed E-state index contributed by atoms with van der Waals surface area (Å²) in [6, 6.07) is 37.5. The molecule has 1 amide bonds. The zero-order valence-electron chi connectivity index (χ0n) is 20.6. The number of hydrazone groups is 1. The average molecular weight is 517 g/mol. The van der Waals surface area contributed by atoms with Crippen LogP contribution in [-0.4, -0.2) is 28.1 Å². The van der Waals surface area contributed by atoms with Crippen LogP contribution < -0.4 is 14.8 Å². The topological polar surface area (TPSA) is 56.2 Å². The van der Waals surface area contributed by atoms with E-state index in [4.69, 9.17) is 17.3 Å². The van der Waals surface area contributed by atoms with E-state index in [0.29, 0.717) is 11.4 Å². The predicted octanol–water partition coefficient (Wildman–Crippen LogP) is 5.77. The lowest BCUT2D eigenvalue weighted by molar-refractivity contribution is -0.121. The lowest BCUT2D eigenvalue weighted by Gasteiger charge is -2.40. The maximum absolute atomic E-state index is 14.9. The van der Waals surface area contributed by atoms with Crippen LogP contribution >= 0.6 is 12.2 Å². The van der Waals surface area contributed by atoms with Gasteiger partial charge < -0.3 is 0 Å². The molecule has 0 bridgehead atoms. The summed E-state index contributed by atoms with van der Waals surface area (Å²) >= 11 is 6.06. The van der Waals surface area contributed by atoms with Crippen LogP contribution in [-0.2, 0) is 9.59 Å². The zero-order valence-corrected chi connectivity index (χ0v) is 21.5. The molecule has 2 aliphatic rings. The fourth-order valence-corrected chi connectivity index (χ4v) is 5.88. The van der Waals surface area contributed by atoms with Gasteiger partial charge in [0.25, 0.3) is 5.91 Å². The number of amides is 1. The van der Waals surface area contributed by atoms with Gasteiger partial charge in [-0.2, -0.15) is 5.10 Å². The number of anilines is 3. The number of nitrogens with zero attached hydrogens (tertiary/aromatic N) is 4. The summed E-state index contributed by atoms with van der Waals surface area (Å²) < 4.78 is 0. The van der Waals surface area contributed by atoms with E-state index in [0.717, 1.165) is 11.3 Å². The number of Topliss-reactive ketones (excluding diaryl/α,β-unsaturated/α-hetero) is 1. The summed E-state index contributed by atoms with van der Waals surface area (Å²) in [5.41, 5.74) is 1.54. The summed E-state index contributed by atoms with van der Waals surface area (Å²) in [6.45, 7) is 1.46. The van der Waals surface area contributed by atoms with E-state index < -0.39 is 11.6 Å². The van der Waals surface area contributed by atoms with Gasteiger partial charge in [0.2, 0.25) is 5.54 Å². The van der Waals surface area contributed by atoms with E-state index in [1.165, 1.54) is 11.8 Å². The number of rotatable bonds is 5. The lowest BCUT2D eigenvalue weighted by Crippen LogP contribution is -2.61. The Hall–Kier alpha value is -4.62. The number of hydrogen-bond acceptors (Lipinski definition) is 5. The Labute approximate surface area is 226 Å². The Morgan fingerprint density at radius 2 is 1.21 bits per heavy atom. The molecule has 0 saturated carbocycles. The highest BCUT2D eigenvalue weighted by Gasteiger charge is 2.69. The van der Waals surface area contributed by atoms with Crippen molar-refractivity contribution in [2.24, 2.45) is 5.10 Å². The van der Waals surface area contributed by atoms with Gasteiger partial charge in [-0.25, -0.2) is 0 Å². The standard InChI is InChI=1S/C31H24N4O2S/c1-22(36)27-31(28(23-14-6-2-7-15-23)35(32-27)26-20-12-5-13-21-26)29(37)33(24-16-8-3-9-17-24)30(38)34(31)25-18-10-4-11-19-25/h2-21,28H,1H3. The van der Waals surface area contributed by atoms with Crippen molar-refractivity contribution < 1.29 is 9.59 Å². The molecule has 4 aromatic carbocycles. The molecule has 2 heterocycles. The Bertz CT molecular complexity index is 1540. The predicted molar refractivity (Wildman–Crippen MR) is 154 cm³/mol. The minimum Gasteiger partial charge on any atom is -0.295 e. The van der Waals surface area contributed by atoms with Crippen LogP contribution in [0.25, 0.3) is 0 Å². The second-order valence-electron chi connectivity index (χ2n) is 9.19. The molecular formula is C31H24N4O2S. The van der Waals surface area contributed by atoms with Crippen molar-refractivity contribution in [1.82, 2.24) is 0 Å². The van der Waals surface area contributed by atoms with Gasteiger partial charge in [-0.3, -0.25) is 24.4 Å². The Kier molecular flexibility index (Phi) is 5.85. The van der Waals surface area contributed by atoms with Crippen molar-refractivity contribution in [3.8, 4) is 0 Å². The fraction of sp³-hybridized carbons (Fsp3) is 0.0968. The summed E-state index contributed by atoms with van der Waals surface area (Å²) in [7, 11) is 0. The molecule has 4 aromatic rings. The molecule has 2 aliphatic heterocycles. The number of ketones is 1. The third-order valence-corrected chi connectivity index (χ3v) is 7.34. The first kappa shape index (κ1) is 23.8. The fourth-order valence-electron chi connectivity index (χ4n) is 5.44. The van der Waals surface area contributed by atoms with Crippen molar-refractivity contribution in [3.63, 3.8) is 0 Å². The Morgan fingerprint density at radius 3 is 1.74 bits per heavy atom. The van der Waals surface area contributed by atoms with Crippen LogP contribution in [0.4, 0.5) is 17.1 Å². The lowest BCUT2D eigenvalue weighted by atomic mass is 9.78. The van der Waals surface area contributed by atoms with E-state index in [-0.39, 0.29) is 22.5 Å². The Morgan fingerprint density at radius 1 is 0.737 bits per heavy atom. The number of benzene rings is 4. The van der Waals surface area contributed by atoms with Gasteiger partial charge in [0.05, 0.1) is 11.4 Å². The maximum atomic E-state index is 14.9. The van der Waals surface area contributed by atoms with E-state index in [2.05, 4.69) is 0 Å². The number of thiocarbonyl (C=S) groups is 1. The van der Waals surface area contributed by atoms with Gasteiger partial charge in [0.1, 0.15) is 11.8 Å². The summed E-state index contributed by atoms with van der Waals surface area (Å²) in [5, 5.41) is 6.97. The molecule has 6 nitrogen and oxygen atoms in total. The molecule has 38 heavy (non-hydrogen) atoms. The van der Waals surface area contributed by atoms with Crippen LogP contribution in [0.1, 0.15) is 18.5 Å². The molecule has 0 N–H and O–H groups in total. The molecule has 7 heteroatoms. The number of carbonyl (C=O) groups excluding carboxylic acids is 2. The van der Waals surface area contributed by atoms with Crippen LogP contribution in [0.2, 0.25) is 0 Å². The van der Waals surface area contributed by atoms with Crippen molar-refractivity contribution in [2.75, 3.05) is 14.8 Å². The molecule has 1 fully saturated rings. The highest BCUT2D eigenvalue weighted by molar-refractivity contribution is 7.81. The quantitative estimate of drug-likeness (QED) is 0.315. The zero-order chi connectivity index (χ0) is 26.3. The molecule has 2 atom stereocenters. The number of para-hydroxylation sites is 3. The van der Waals surface area contributed by atoms with Crippen LogP contribution in [0.5, 0.6) is 0 Å². The highest BCUT2D eigenvalue weighted by Crippen LogP contribution is 2.51. The van der Waals surface area contributed by atoms with Crippen molar-refractivity contribution in [2.45, 2.75) is 18.5 Å². The molecule has 6 rings (SSSR count). The normalized spacial score (nSPS) is 20.8. The molecule has 0 aromatic heterocycles. The SMILES string of the molecule is CC(=O)C1=NN(c2ccccc2)C(c2ccccc2)C12C(=O)N(c1ccccc1)C(=S)N2c1ccccc1. The largest absolute Gasteiger partial charge is 0.295 e. The number of hydrogen-bond donors (Lipinski definition) is 0. The Balaban J connectivity index is 1.69. The third kappa shape index (κ3) is 3.47. The van der Waals surface area contributed by atoms with Gasteiger partial charge >= 0.3 is 0 Å². The van der Waals surface area contributed by atoms with E-state index in [9.17, 15) is 9.59 Å². The average Bonchev–Trinajstić information content (AvgIpc) is 3.43. The van der Waals surface area contributed by atoms with Crippen LogP contribution in [0.15, 0.2) is 126 Å². The molecule has 1 saturated heterocycles. The van der Waals surface area contributed by atoms with E-state index in [1.54, 1.807) is 5.01 Å². The molecule has 0 aliphatic carbocycles. The smallest absolute Gasteiger partial charge is 0.268 e. The molecule has 2 unspecified atom stereocenters. The van der Waals surface area contributed by atoms with Crippen molar-refractivity contribution in [1.29, 1.82) is 0 Å². The van der Waals surface area contributed by atoms with Crippen LogP contribution in [0.3, 0.4) is 0 Å². The second kappa shape index (κ2) is 9.36.